The predicted molar refractivity (Wildman–Crippen MR) is 82.5 cm³/mol. The molecule has 5 heteroatoms. The second-order valence-corrected chi connectivity index (χ2v) is 4.69. The third kappa shape index (κ3) is 2.67. The summed E-state index contributed by atoms with van der Waals surface area (Å²) in [6.45, 7) is 0. The monoisotopic (exact) mass is 277 g/mol. The number of rotatable bonds is 3. The highest BCUT2D eigenvalue weighted by molar-refractivity contribution is 5.49. The Morgan fingerprint density at radius 1 is 0.714 bits per heavy atom. The van der Waals surface area contributed by atoms with Gasteiger partial charge in [0.1, 0.15) is 5.69 Å². The molecule has 5 nitrogen and oxygen atoms in total. The van der Waals surface area contributed by atoms with Crippen LogP contribution in [-0.2, 0) is 0 Å². The highest BCUT2D eigenvalue weighted by atomic mass is 15.2. The van der Waals surface area contributed by atoms with Crippen LogP contribution in [0.3, 0.4) is 0 Å². The molecule has 0 saturated heterocycles. The summed E-state index contributed by atoms with van der Waals surface area (Å²) in [6.07, 6.45) is 0. The smallest absolute Gasteiger partial charge is 0.242 e. The van der Waals surface area contributed by atoms with Crippen LogP contribution in [0.5, 0.6) is 0 Å². The van der Waals surface area contributed by atoms with E-state index in [0.717, 1.165) is 11.1 Å². The van der Waals surface area contributed by atoms with E-state index >= 15 is 0 Å². The summed E-state index contributed by atoms with van der Waals surface area (Å²) in [5, 5.41) is 8.02. The van der Waals surface area contributed by atoms with E-state index in [0.29, 0.717) is 11.5 Å². The van der Waals surface area contributed by atoms with Gasteiger partial charge in [0.2, 0.25) is 5.95 Å². The Hall–Kier alpha value is -2.95. The standard InChI is InChI=1S/C16H15N5/c17-15-14(20-21-16(18)19-15)13(11-7-3-1-4-8-11)12-9-5-2-6-10-12/h1-10,13H,(H4,17,18,19,21). The lowest BCUT2D eigenvalue weighted by molar-refractivity contribution is 0.842. The van der Waals surface area contributed by atoms with E-state index in [1.165, 1.54) is 0 Å². The largest absolute Gasteiger partial charge is 0.382 e. The number of hydrogen-bond donors (Lipinski definition) is 2. The van der Waals surface area contributed by atoms with Crippen LogP contribution in [0, 0.1) is 0 Å². The molecule has 4 N–H and O–H groups in total. The molecule has 0 aliphatic carbocycles. The van der Waals surface area contributed by atoms with Gasteiger partial charge in [0, 0.05) is 0 Å². The van der Waals surface area contributed by atoms with Crippen molar-refractivity contribution in [3.63, 3.8) is 0 Å². The summed E-state index contributed by atoms with van der Waals surface area (Å²) in [4.78, 5) is 4.03. The fraction of sp³-hybridized carbons (Fsp3) is 0.0625. The molecule has 0 amide bonds. The van der Waals surface area contributed by atoms with Gasteiger partial charge in [-0.25, -0.2) is 0 Å². The fourth-order valence-corrected chi connectivity index (χ4v) is 2.36. The molecule has 0 spiro atoms. The summed E-state index contributed by atoms with van der Waals surface area (Å²) in [6, 6.07) is 20.0. The van der Waals surface area contributed by atoms with Gasteiger partial charge < -0.3 is 11.5 Å². The Kier molecular flexibility index (Phi) is 3.47. The zero-order valence-electron chi connectivity index (χ0n) is 11.3. The minimum Gasteiger partial charge on any atom is -0.382 e. The Balaban J connectivity index is 2.17. The third-order valence-electron chi connectivity index (χ3n) is 3.30. The highest BCUT2D eigenvalue weighted by Crippen LogP contribution is 2.32. The molecule has 3 aromatic rings. The molecular formula is C16H15N5. The second-order valence-electron chi connectivity index (χ2n) is 4.69. The normalized spacial score (nSPS) is 10.7. The first kappa shape index (κ1) is 13.1. The maximum absolute atomic E-state index is 6.00. The molecule has 0 aliphatic heterocycles. The van der Waals surface area contributed by atoms with Crippen molar-refractivity contribution >= 4 is 11.8 Å². The number of nitrogens with two attached hydrogens (primary N) is 2. The lowest BCUT2D eigenvalue weighted by Crippen LogP contribution is -2.13. The molecule has 3 rings (SSSR count). The van der Waals surface area contributed by atoms with Gasteiger partial charge in [0.25, 0.3) is 0 Å². The molecule has 0 atom stereocenters. The first-order valence-corrected chi connectivity index (χ1v) is 6.61. The van der Waals surface area contributed by atoms with Crippen LogP contribution in [-0.4, -0.2) is 15.2 Å². The van der Waals surface area contributed by atoms with Gasteiger partial charge in [-0.3, -0.25) is 0 Å². The van der Waals surface area contributed by atoms with Gasteiger partial charge in [0.05, 0.1) is 5.92 Å². The van der Waals surface area contributed by atoms with Crippen LogP contribution < -0.4 is 11.5 Å². The zero-order valence-corrected chi connectivity index (χ0v) is 11.3. The number of anilines is 2. The van der Waals surface area contributed by atoms with Crippen LogP contribution in [0.1, 0.15) is 22.7 Å². The molecule has 1 aromatic heterocycles. The Morgan fingerprint density at radius 3 is 1.71 bits per heavy atom. The average Bonchev–Trinajstić information content (AvgIpc) is 2.52. The van der Waals surface area contributed by atoms with Gasteiger partial charge in [-0.2, -0.15) is 4.98 Å². The number of aromatic nitrogens is 3. The zero-order chi connectivity index (χ0) is 14.7. The molecule has 104 valence electrons. The molecule has 0 fully saturated rings. The first-order valence-electron chi connectivity index (χ1n) is 6.61. The Labute approximate surface area is 122 Å². The lowest BCUT2D eigenvalue weighted by Gasteiger charge is -2.18. The summed E-state index contributed by atoms with van der Waals surface area (Å²) >= 11 is 0. The minimum atomic E-state index is -0.118. The number of nitrogens with zero attached hydrogens (tertiary/aromatic N) is 3. The second kappa shape index (κ2) is 5.58. The van der Waals surface area contributed by atoms with Crippen molar-refractivity contribution in [2.24, 2.45) is 0 Å². The molecule has 0 saturated carbocycles. The average molecular weight is 277 g/mol. The highest BCUT2D eigenvalue weighted by Gasteiger charge is 2.21. The summed E-state index contributed by atoms with van der Waals surface area (Å²) in [7, 11) is 0. The van der Waals surface area contributed by atoms with E-state index in [1.807, 2.05) is 60.7 Å². The quantitative estimate of drug-likeness (QED) is 0.766. The van der Waals surface area contributed by atoms with Crippen LogP contribution in [0.2, 0.25) is 0 Å². The van der Waals surface area contributed by atoms with Crippen LogP contribution in [0.4, 0.5) is 11.8 Å². The predicted octanol–water partition coefficient (Wildman–Crippen LogP) is 2.22. The van der Waals surface area contributed by atoms with E-state index in [4.69, 9.17) is 11.5 Å². The molecular weight excluding hydrogens is 262 g/mol. The fourth-order valence-electron chi connectivity index (χ4n) is 2.36. The maximum Gasteiger partial charge on any atom is 0.242 e. The molecule has 0 aliphatic rings. The van der Waals surface area contributed by atoms with Crippen molar-refractivity contribution < 1.29 is 0 Å². The minimum absolute atomic E-state index is 0.0797. The number of hydrogen-bond acceptors (Lipinski definition) is 5. The lowest BCUT2D eigenvalue weighted by atomic mass is 9.88. The molecule has 2 aromatic carbocycles. The molecule has 21 heavy (non-hydrogen) atoms. The first-order chi connectivity index (χ1) is 10.3. The van der Waals surface area contributed by atoms with Crippen molar-refractivity contribution in [2.45, 2.75) is 5.92 Å². The van der Waals surface area contributed by atoms with Crippen LogP contribution in [0.15, 0.2) is 60.7 Å². The number of benzene rings is 2. The van der Waals surface area contributed by atoms with E-state index in [2.05, 4.69) is 15.2 Å². The van der Waals surface area contributed by atoms with Crippen molar-refractivity contribution in [1.29, 1.82) is 0 Å². The summed E-state index contributed by atoms with van der Waals surface area (Å²) in [5.41, 5.74) is 14.3. The SMILES string of the molecule is Nc1nnc(C(c2ccccc2)c2ccccc2)c(N)n1. The van der Waals surface area contributed by atoms with E-state index in [-0.39, 0.29) is 11.9 Å². The molecule has 0 unspecified atom stereocenters. The van der Waals surface area contributed by atoms with Gasteiger partial charge in [-0.15, -0.1) is 10.2 Å². The summed E-state index contributed by atoms with van der Waals surface area (Å²) < 4.78 is 0. The summed E-state index contributed by atoms with van der Waals surface area (Å²) in [5.74, 6) is 0.268. The van der Waals surface area contributed by atoms with Gasteiger partial charge >= 0.3 is 0 Å². The van der Waals surface area contributed by atoms with Crippen LogP contribution >= 0.6 is 0 Å². The Bertz CT molecular complexity index is 689. The van der Waals surface area contributed by atoms with Crippen molar-refractivity contribution in [2.75, 3.05) is 11.5 Å². The molecule has 0 bridgehead atoms. The van der Waals surface area contributed by atoms with Gasteiger partial charge in [-0.05, 0) is 11.1 Å². The van der Waals surface area contributed by atoms with Gasteiger partial charge in [0.15, 0.2) is 5.82 Å². The van der Waals surface area contributed by atoms with Gasteiger partial charge in [-0.1, -0.05) is 60.7 Å². The topological polar surface area (TPSA) is 90.7 Å². The van der Waals surface area contributed by atoms with Crippen molar-refractivity contribution in [3.8, 4) is 0 Å². The molecule has 1 heterocycles. The van der Waals surface area contributed by atoms with Crippen molar-refractivity contribution in [1.82, 2.24) is 15.2 Å². The third-order valence-corrected chi connectivity index (χ3v) is 3.30. The maximum atomic E-state index is 6.00. The Morgan fingerprint density at radius 2 is 1.24 bits per heavy atom. The van der Waals surface area contributed by atoms with E-state index in [9.17, 15) is 0 Å². The van der Waals surface area contributed by atoms with Crippen LogP contribution in [0.25, 0.3) is 0 Å². The van der Waals surface area contributed by atoms with E-state index in [1.54, 1.807) is 0 Å². The number of nitrogen functional groups attached to an aromatic ring is 2. The molecule has 0 radical (unpaired) electrons. The van der Waals surface area contributed by atoms with Crippen molar-refractivity contribution in [3.05, 3.63) is 77.5 Å². The van der Waals surface area contributed by atoms with E-state index < -0.39 is 0 Å².